The van der Waals surface area contributed by atoms with Gasteiger partial charge >= 0.3 is 0 Å². The number of rotatable bonds is 4. The molecule has 0 aliphatic carbocycles. The van der Waals surface area contributed by atoms with Gasteiger partial charge in [-0.05, 0) is 47.4 Å². The zero-order valence-corrected chi connectivity index (χ0v) is 25.3. The molecule has 0 unspecified atom stereocenters. The van der Waals surface area contributed by atoms with Gasteiger partial charge in [0.15, 0.2) is 0 Å². The molecule has 3 aromatic heterocycles. The summed E-state index contributed by atoms with van der Waals surface area (Å²) < 4.78 is 23.6. The SMILES string of the molecule is CNC(=O)c1ncc(-c2cc3ccc(F)c(-c4nc(C5CCOCC5)n5c4CN(C(C)=O)CC5)c3cn2)cc1C(C)(C)C. The highest BCUT2D eigenvalue weighted by Gasteiger charge is 2.32. The van der Waals surface area contributed by atoms with E-state index in [0.29, 0.717) is 60.9 Å². The molecule has 2 aliphatic rings. The molecule has 1 fully saturated rings. The van der Waals surface area contributed by atoms with Gasteiger partial charge in [0.2, 0.25) is 5.91 Å². The van der Waals surface area contributed by atoms with Crippen molar-refractivity contribution in [1.82, 2.24) is 29.7 Å². The molecule has 1 N–H and O–H groups in total. The van der Waals surface area contributed by atoms with Gasteiger partial charge in [0, 0.05) is 75.1 Å². The maximum atomic E-state index is 15.8. The highest BCUT2D eigenvalue weighted by Crippen LogP contribution is 2.39. The van der Waals surface area contributed by atoms with E-state index >= 15 is 4.39 Å². The van der Waals surface area contributed by atoms with Gasteiger partial charge < -0.3 is 19.5 Å². The van der Waals surface area contributed by atoms with Gasteiger partial charge in [-0.2, -0.15) is 0 Å². The van der Waals surface area contributed by atoms with Crippen molar-refractivity contribution in [2.24, 2.45) is 0 Å². The van der Waals surface area contributed by atoms with Gasteiger partial charge in [-0.1, -0.05) is 26.8 Å². The number of halogens is 1. The molecule has 9 nitrogen and oxygen atoms in total. The van der Waals surface area contributed by atoms with Crippen molar-refractivity contribution in [1.29, 1.82) is 0 Å². The molecule has 5 heterocycles. The normalized spacial score (nSPS) is 15.9. The molecule has 2 aliphatic heterocycles. The number of benzene rings is 1. The van der Waals surface area contributed by atoms with Crippen molar-refractivity contribution in [3.05, 3.63) is 65.3 Å². The minimum absolute atomic E-state index is 0.0126. The van der Waals surface area contributed by atoms with Crippen LogP contribution in [0.3, 0.4) is 0 Å². The Kier molecular flexibility index (Phi) is 7.50. The predicted molar refractivity (Wildman–Crippen MR) is 162 cm³/mol. The summed E-state index contributed by atoms with van der Waals surface area (Å²) in [6.45, 7) is 10.6. The first-order valence-electron chi connectivity index (χ1n) is 14.8. The minimum Gasteiger partial charge on any atom is -0.381 e. The lowest BCUT2D eigenvalue weighted by Gasteiger charge is -2.30. The van der Waals surface area contributed by atoms with Gasteiger partial charge in [-0.3, -0.25) is 19.6 Å². The zero-order chi connectivity index (χ0) is 30.5. The first-order chi connectivity index (χ1) is 20.6. The fraction of sp³-hybridized carbons (Fsp3) is 0.424. The molecule has 6 rings (SSSR count). The Bertz CT molecular complexity index is 1730. The maximum absolute atomic E-state index is 15.8. The van der Waals surface area contributed by atoms with Crippen molar-refractivity contribution in [2.75, 3.05) is 26.8 Å². The number of carbonyl (C=O) groups excluding carboxylic acids is 2. The average molecular weight is 585 g/mol. The third kappa shape index (κ3) is 5.29. The molecule has 1 saturated heterocycles. The number of amides is 2. The smallest absolute Gasteiger partial charge is 0.269 e. The number of aromatic nitrogens is 4. The first-order valence-corrected chi connectivity index (χ1v) is 14.8. The van der Waals surface area contributed by atoms with Gasteiger partial charge in [-0.15, -0.1) is 0 Å². The van der Waals surface area contributed by atoms with E-state index in [9.17, 15) is 9.59 Å². The minimum atomic E-state index is -0.381. The Balaban J connectivity index is 1.48. The maximum Gasteiger partial charge on any atom is 0.269 e. The van der Waals surface area contributed by atoms with E-state index in [1.807, 2.05) is 32.9 Å². The van der Waals surface area contributed by atoms with Crippen molar-refractivity contribution in [3.63, 3.8) is 0 Å². The molecule has 2 amide bonds. The van der Waals surface area contributed by atoms with Crippen LogP contribution in [0.15, 0.2) is 36.7 Å². The monoisotopic (exact) mass is 584 g/mol. The Labute approximate surface area is 250 Å². The second-order valence-corrected chi connectivity index (χ2v) is 12.4. The third-order valence-electron chi connectivity index (χ3n) is 8.59. The van der Waals surface area contributed by atoms with E-state index in [-0.39, 0.29) is 29.0 Å². The second kappa shape index (κ2) is 11.1. The standard InChI is InChI=1S/C33H37FN6O3/c1-19(41)39-10-11-40-27(18-39)30(38-31(40)20-8-12-43-13-9-20)28-23-17-36-26(15-21(23)6-7-25(28)34)22-14-24(33(2,3)4)29(37-16-22)32(42)35-5/h6-7,14-17,20H,8-13,18H2,1-5H3,(H,35,42). The van der Waals surface area contributed by atoms with Crippen LogP contribution in [0.2, 0.25) is 0 Å². The summed E-state index contributed by atoms with van der Waals surface area (Å²) in [5.74, 6) is 0.522. The zero-order valence-electron chi connectivity index (χ0n) is 25.3. The number of carbonyl (C=O) groups is 2. The summed E-state index contributed by atoms with van der Waals surface area (Å²) in [7, 11) is 1.59. The number of imidazole rings is 1. The highest BCUT2D eigenvalue weighted by atomic mass is 19.1. The average Bonchev–Trinajstić information content (AvgIpc) is 3.38. The third-order valence-corrected chi connectivity index (χ3v) is 8.59. The summed E-state index contributed by atoms with van der Waals surface area (Å²) in [5, 5.41) is 4.12. The van der Waals surface area contributed by atoms with Crippen LogP contribution in [-0.2, 0) is 28.0 Å². The Morgan fingerprint density at radius 2 is 1.84 bits per heavy atom. The molecule has 43 heavy (non-hydrogen) atoms. The molecule has 10 heteroatoms. The molecular formula is C33H37FN6O3. The number of nitrogens with zero attached hydrogens (tertiary/aromatic N) is 5. The molecule has 0 saturated carbocycles. The summed E-state index contributed by atoms with van der Waals surface area (Å²) >= 11 is 0. The van der Waals surface area contributed by atoms with Crippen molar-refractivity contribution >= 4 is 22.6 Å². The Morgan fingerprint density at radius 1 is 1.07 bits per heavy atom. The summed E-state index contributed by atoms with van der Waals surface area (Å²) in [6, 6.07) is 7.10. The number of ether oxygens (including phenoxy) is 1. The van der Waals surface area contributed by atoms with Crippen LogP contribution in [0.4, 0.5) is 4.39 Å². The quantitative estimate of drug-likeness (QED) is 0.353. The molecule has 4 aromatic rings. The Morgan fingerprint density at radius 3 is 2.53 bits per heavy atom. The molecule has 0 bridgehead atoms. The lowest BCUT2D eigenvalue weighted by atomic mass is 9.84. The molecule has 0 radical (unpaired) electrons. The van der Waals surface area contributed by atoms with Gasteiger partial charge in [-0.25, -0.2) is 9.37 Å². The molecule has 1 aromatic carbocycles. The van der Waals surface area contributed by atoms with E-state index in [1.54, 1.807) is 37.3 Å². The van der Waals surface area contributed by atoms with Crippen LogP contribution in [-0.4, -0.2) is 63.0 Å². The predicted octanol–water partition coefficient (Wildman–Crippen LogP) is 5.21. The van der Waals surface area contributed by atoms with E-state index in [4.69, 9.17) is 14.7 Å². The fourth-order valence-electron chi connectivity index (χ4n) is 6.20. The van der Waals surface area contributed by atoms with Crippen LogP contribution in [0.25, 0.3) is 33.3 Å². The number of fused-ring (bicyclic) bond motifs is 2. The fourth-order valence-corrected chi connectivity index (χ4v) is 6.20. The van der Waals surface area contributed by atoms with Crippen LogP contribution in [0.5, 0.6) is 0 Å². The number of hydrogen-bond acceptors (Lipinski definition) is 6. The van der Waals surface area contributed by atoms with E-state index < -0.39 is 0 Å². The van der Waals surface area contributed by atoms with E-state index in [2.05, 4.69) is 14.9 Å². The second-order valence-electron chi connectivity index (χ2n) is 12.4. The lowest BCUT2D eigenvalue weighted by molar-refractivity contribution is -0.130. The van der Waals surface area contributed by atoms with Crippen molar-refractivity contribution < 1.29 is 18.7 Å². The van der Waals surface area contributed by atoms with Crippen molar-refractivity contribution in [3.8, 4) is 22.5 Å². The van der Waals surface area contributed by atoms with Gasteiger partial charge in [0.05, 0.1) is 23.6 Å². The van der Waals surface area contributed by atoms with Gasteiger partial charge in [0.25, 0.3) is 5.91 Å². The van der Waals surface area contributed by atoms with Gasteiger partial charge in [0.1, 0.15) is 17.3 Å². The van der Waals surface area contributed by atoms with Crippen LogP contribution >= 0.6 is 0 Å². The molecule has 0 spiro atoms. The molecule has 0 atom stereocenters. The molecule has 224 valence electrons. The molecular weight excluding hydrogens is 547 g/mol. The van der Waals surface area contributed by atoms with E-state index in [1.165, 1.54) is 6.07 Å². The number of pyridine rings is 2. The van der Waals surface area contributed by atoms with Crippen LogP contribution < -0.4 is 5.32 Å². The van der Waals surface area contributed by atoms with Crippen LogP contribution in [0.1, 0.15) is 74.0 Å². The summed E-state index contributed by atoms with van der Waals surface area (Å²) in [5.41, 5.74) is 4.12. The van der Waals surface area contributed by atoms with E-state index in [0.717, 1.165) is 40.9 Å². The lowest BCUT2D eigenvalue weighted by Crippen LogP contribution is -2.37. The largest absolute Gasteiger partial charge is 0.381 e. The first kappa shape index (κ1) is 28.9. The van der Waals surface area contributed by atoms with Crippen LogP contribution in [0, 0.1) is 5.82 Å². The summed E-state index contributed by atoms with van der Waals surface area (Å²) in [4.78, 5) is 41.0. The Hall–Kier alpha value is -4.18. The summed E-state index contributed by atoms with van der Waals surface area (Å²) in [6.07, 6.45) is 5.07. The number of hydrogen-bond donors (Lipinski definition) is 1. The highest BCUT2D eigenvalue weighted by molar-refractivity contribution is 5.98. The van der Waals surface area contributed by atoms with Crippen molar-refractivity contribution in [2.45, 2.75) is 65.0 Å². The number of nitrogens with one attached hydrogen (secondary N) is 1. The topological polar surface area (TPSA) is 102 Å².